The van der Waals surface area contributed by atoms with E-state index in [2.05, 4.69) is 152 Å². The first-order valence-corrected chi connectivity index (χ1v) is 48.2. The van der Waals surface area contributed by atoms with Crippen molar-refractivity contribution in [2.75, 3.05) is 21.3 Å². The highest BCUT2D eigenvalue weighted by molar-refractivity contribution is 7.97. The van der Waals surface area contributed by atoms with Crippen LogP contribution in [0.3, 0.4) is 0 Å². The van der Waals surface area contributed by atoms with Crippen LogP contribution < -0.4 is 23.7 Å². The van der Waals surface area contributed by atoms with Gasteiger partial charge < -0.3 is 32.8 Å². The zero-order chi connectivity index (χ0) is 86.0. The van der Waals surface area contributed by atoms with E-state index in [4.69, 9.17) is 23.7 Å². The van der Waals surface area contributed by atoms with Gasteiger partial charge in [-0.3, -0.25) is 0 Å². The van der Waals surface area contributed by atoms with E-state index in [-0.39, 0.29) is 57.0 Å². The van der Waals surface area contributed by atoms with E-state index < -0.39 is 88.1 Å². The topological polar surface area (TPSA) is 161 Å². The van der Waals surface area contributed by atoms with Gasteiger partial charge in [0.2, 0.25) is 34.8 Å². The van der Waals surface area contributed by atoms with Crippen molar-refractivity contribution in [3.05, 3.63) is 268 Å². The van der Waals surface area contributed by atoms with E-state index in [0.29, 0.717) is 11.8 Å². The second kappa shape index (κ2) is 42.7. The van der Waals surface area contributed by atoms with E-state index >= 15 is 17.6 Å². The van der Waals surface area contributed by atoms with Crippen molar-refractivity contribution >= 4 is 42.0 Å². The lowest BCUT2D eigenvalue weighted by molar-refractivity contribution is 0.334. The average Bonchev–Trinajstić information content (AvgIpc) is 0.756. The number of benzene rings is 10. The summed E-state index contributed by atoms with van der Waals surface area (Å²) < 4.78 is 215. The summed E-state index contributed by atoms with van der Waals surface area (Å²) in [4.78, 5) is 3.29. The fraction of sp³-hybridized carbons (Fsp3) is 0.394. The SMILES string of the molecule is COc1cccc([S+](c2cccc(OC)c2)c2cccc(OC)c2)c1.O=S(=O)([O-])c1c(F)c(F)c(Oc2c(C3CCCCC3)cc(C3CCCCC3)cc2C2CCCCC2)c(F)c1F.O=S(=O)([O-])c1c(F)c(F)c(Oc2c(C3CCCCC3)cc(C3CCCCC3)cc2C2CCCCC2)c(F)c1F.c1ccc([S+](c2ccccc2)c2ccccc2)cc1. The lowest BCUT2D eigenvalue weighted by Gasteiger charge is -2.32. The average molecular weight is 1750 g/mol. The molecule has 6 saturated carbocycles. The van der Waals surface area contributed by atoms with Gasteiger partial charge in [-0.2, -0.15) is 17.6 Å². The Hall–Kier alpha value is -8.84. The molecule has 6 fully saturated rings. The first-order chi connectivity index (χ1) is 59.0. The first kappa shape index (κ1) is 90.9. The van der Waals surface area contributed by atoms with E-state index in [9.17, 15) is 43.5 Å². The van der Waals surface area contributed by atoms with Crippen LogP contribution in [0.2, 0.25) is 0 Å². The molecule has 122 heavy (non-hydrogen) atoms. The Kier molecular flexibility index (Phi) is 31.8. The highest BCUT2D eigenvalue weighted by Gasteiger charge is 2.39. The Balaban J connectivity index is 0.000000145. The van der Waals surface area contributed by atoms with Gasteiger partial charge in [-0.25, -0.2) is 34.4 Å². The number of methoxy groups -OCH3 is 3. The zero-order valence-electron chi connectivity index (χ0n) is 69.2. The van der Waals surface area contributed by atoms with Crippen LogP contribution in [-0.4, -0.2) is 47.3 Å². The molecule has 0 amide bonds. The normalized spacial score (nSPS) is 16.8. The molecule has 0 radical (unpaired) electrons. The maximum atomic E-state index is 15.1. The molecule has 0 unspecified atom stereocenters. The molecule has 648 valence electrons. The fourth-order valence-corrected chi connectivity index (χ4v) is 24.0. The minimum Gasteiger partial charge on any atom is -0.744 e. The lowest BCUT2D eigenvalue weighted by atomic mass is 9.75. The molecule has 0 spiro atoms. The van der Waals surface area contributed by atoms with Gasteiger partial charge >= 0.3 is 0 Å². The Morgan fingerprint density at radius 3 is 0.697 bits per heavy atom. The Bertz CT molecular complexity index is 4860. The van der Waals surface area contributed by atoms with Gasteiger partial charge in [0.25, 0.3) is 0 Å². The molecule has 6 aliphatic carbocycles. The standard InChI is InChI=1S/2C30H36F4O4S.C21H21O3S.C18H15S/c2*31-24-26(33)30(39(35,36)37)27(34)25(32)29(24)38-28-22(19-12-6-2-7-13-19)16-21(18-10-4-1-5-11-18)17-23(28)20-14-8-3-9-15-20;1-22-16-7-4-10-19(13-16)25(20-11-5-8-17(14-20)23-2)21-12-6-9-18(15-21)24-3;1-4-10-16(11-5-1)19(17-12-6-2-7-13-17)18-14-8-3-9-15-18/h2*16-20H,1-15H2,(H,35,36,37);4-15H,1-3H3;1-15H/q;;2*+1/p-2. The molecule has 0 aromatic heterocycles. The van der Waals surface area contributed by atoms with Crippen molar-refractivity contribution < 1.29 is 84.7 Å². The van der Waals surface area contributed by atoms with Crippen molar-refractivity contribution in [2.24, 2.45) is 0 Å². The molecule has 23 heteroatoms. The summed E-state index contributed by atoms with van der Waals surface area (Å²) in [6.45, 7) is 0. The van der Waals surface area contributed by atoms with Crippen LogP contribution in [0.15, 0.2) is 227 Å². The summed E-state index contributed by atoms with van der Waals surface area (Å²) in [5.41, 5.74) is 5.59. The quantitative estimate of drug-likeness (QED) is 0.0291. The smallest absolute Gasteiger partial charge is 0.205 e. The minimum atomic E-state index is -5.80. The van der Waals surface area contributed by atoms with Crippen LogP contribution in [0.5, 0.6) is 40.2 Å². The highest BCUT2D eigenvalue weighted by atomic mass is 32.2. The Morgan fingerprint density at radius 1 is 0.262 bits per heavy atom. The maximum absolute atomic E-state index is 15.1. The first-order valence-electron chi connectivity index (χ1n) is 42.9. The van der Waals surface area contributed by atoms with Crippen LogP contribution in [-0.2, 0) is 42.0 Å². The van der Waals surface area contributed by atoms with Crippen molar-refractivity contribution in [3.63, 3.8) is 0 Å². The summed E-state index contributed by atoms with van der Waals surface area (Å²) in [5.74, 6) is -15.8. The van der Waals surface area contributed by atoms with Gasteiger partial charge in [0, 0.05) is 18.2 Å². The molecule has 0 bridgehead atoms. The number of hydrogen-bond acceptors (Lipinski definition) is 11. The third kappa shape index (κ3) is 22.1. The molecular weight excluding hydrogens is 1650 g/mol. The fourth-order valence-electron chi connectivity index (χ4n) is 18.5. The van der Waals surface area contributed by atoms with Gasteiger partial charge in [-0.1, -0.05) is 213 Å². The van der Waals surface area contributed by atoms with Gasteiger partial charge in [0.1, 0.15) is 58.8 Å². The zero-order valence-corrected chi connectivity index (χ0v) is 72.5. The molecule has 0 saturated heterocycles. The molecule has 0 heterocycles. The molecule has 0 atom stereocenters. The van der Waals surface area contributed by atoms with E-state index in [1.807, 2.05) is 36.4 Å². The van der Waals surface area contributed by atoms with Gasteiger partial charge in [0.05, 0.1) is 43.1 Å². The largest absolute Gasteiger partial charge is 0.744 e. The van der Waals surface area contributed by atoms with Crippen LogP contribution in [0.1, 0.15) is 262 Å². The highest BCUT2D eigenvalue weighted by Crippen LogP contribution is 2.53. The number of rotatable bonds is 21. The Labute approximate surface area is 718 Å². The molecule has 10 aromatic carbocycles. The molecule has 10 aromatic rings. The minimum absolute atomic E-state index is 0.0146. The van der Waals surface area contributed by atoms with E-state index in [1.165, 1.54) is 53.3 Å². The van der Waals surface area contributed by atoms with Crippen LogP contribution in [0.25, 0.3) is 0 Å². The molecule has 0 N–H and O–H groups in total. The predicted molar refractivity (Wildman–Crippen MR) is 459 cm³/mol. The summed E-state index contributed by atoms with van der Waals surface area (Å²) in [6.07, 6.45) is 30.6. The lowest BCUT2D eigenvalue weighted by Crippen LogP contribution is -2.15. The summed E-state index contributed by atoms with van der Waals surface area (Å²) in [6, 6.07) is 65.1. The second-order valence-corrected chi connectivity index (χ2v) is 39.3. The third-order valence-corrected chi connectivity index (χ3v) is 30.8. The number of halogens is 8. The third-order valence-electron chi connectivity index (χ3n) is 24.7. The van der Waals surface area contributed by atoms with Crippen LogP contribution in [0.4, 0.5) is 35.1 Å². The van der Waals surface area contributed by atoms with Crippen molar-refractivity contribution in [2.45, 2.75) is 267 Å². The Morgan fingerprint density at radius 2 is 0.475 bits per heavy atom. The second-order valence-electron chi connectivity index (χ2n) is 32.6. The van der Waals surface area contributed by atoms with Gasteiger partial charge in [0.15, 0.2) is 52.6 Å². The molecule has 11 nitrogen and oxygen atoms in total. The van der Waals surface area contributed by atoms with Crippen molar-refractivity contribution in [3.8, 4) is 40.2 Å². The van der Waals surface area contributed by atoms with Crippen molar-refractivity contribution in [1.82, 2.24) is 0 Å². The van der Waals surface area contributed by atoms with Gasteiger partial charge in [-0.15, -0.1) is 0 Å². The van der Waals surface area contributed by atoms with Gasteiger partial charge in [-0.05, 0) is 219 Å². The molecule has 0 aliphatic heterocycles. The molecule has 6 aliphatic rings. The van der Waals surface area contributed by atoms with E-state index in [0.717, 1.165) is 219 Å². The van der Waals surface area contributed by atoms with E-state index in [1.54, 1.807) is 21.3 Å². The monoisotopic (exact) mass is 1750 g/mol. The van der Waals surface area contributed by atoms with Crippen molar-refractivity contribution in [1.29, 1.82) is 0 Å². The van der Waals surface area contributed by atoms with Crippen LogP contribution >= 0.6 is 0 Å². The molecule has 16 rings (SSSR count). The molecular formula is C99H106F8O11S4. The predicted octanol–water partition coefficient (Wildman–Crippen LogP) is 27.8. The summed E-state index contributed by atoms with van der Waals surface area (Å²) >= 11 is 0. The summed E-state index contributed by atoms with van der Waals surface area (Å²) in [5, 5.41) is 0. The summed E-state index contributed by atoms with van der Waals surface area (Å²) in [7, 11) is -6.84. The number of hydrogen-bond donors (Lipinski definition) is 0. The number of ether oxygens (including phenoxy) is 5. The van der Waals surface area contributed by atoms with Crippen LogP contribution in [0, 0.1) is 46.5 Å². The maximum Gasteiger partial charge on any atom is 0.205 e.